The van der Waals surface area contributed by atoms with Crippen LogP contribution in [-0.4, -0.2) is 16.3 Å². The minimum atomic E-state index is -1.89. The highest BCUT2D eigenvalue weighted by Gasteiger charge is 2.37. The Morgan fingerprint density at radius 1 is 1.22 bits per heavy atom. The molecule has 0 atom stereocenters. The van der Waals surface area contributed by atoms with Gasteiger partial charge in [0, 0.05) is 17.6 Å². The summed E-state index contributed by atoms with van der Waals surface area (Å²) >= 11 is 0. The van der Waals surface area contributed by atoms with Crippen molar-refractivity contribution in [2.45, 2.75) is 59.0 Å². The molecule has 0 fully saturated rings. The van der Waals surface area contributed by atoms with Gasteiger partial charge in [0.2, 0.25) is 0 Å². The molecule has 2 heteroatoms. The van der Waals surface area contributed by atoms with Gasteiger partial charge in [-0.2, -0.15) is 0 Å². The van der Waals surface area contributed by atoms with E-state index in [0.717, 1.165) is 5.56 Å². The molecule has 0 aliphatic carbocycles. The zero-order valence-corrected chi connectivity index (χ0v) is 12.0. The van der Waals surface area contributed by atoms with Gasteiger partial charge in [-0.1, -0.05) is 38.9 Å². The van der Waals surface area contributed by atoms with Crippen molar-refractivity contribution in [3.63, 3.8) is 0 Å². The third-order valence-corrected chi connectivity index (χ3v) is 3.12. The molecule has 0 saturated carbocycles. The molecule has 2 nitrogen and oxygen atoms in total. The average molecular weight is 248 g/mol. The van der Waals surface area contributed by atoms with E-state index in [1.165, 1.54) is 11.0 Å². The fraction of sp³-hybridized carbons (Fsp3) is 0.562. The van der Waals surface area contributed by atoms with Gasteiger partial charge >= 0.3 is 0 Å². The molecule has 1 aromatic carbocycles. The predicted octanol–water partition coefficient (Wildman–Crippen LogP) is 3.74. The Morgan fingerprint density at radius 3 is 2.33 bits per heavy atom. The maximum Gasteiger partial charge on any atom is 0.255 e. The first-order chi connectivity index (χ1) is 9.28. The first-order valence-corrected chi connectivity index (χ1v) is 6.28. The number of carbonyl (C=O) groups excluding carboxylic acids is 1. The number of benzene rings is 1. The smallest absolute Gasteiger partial charge is 0.255 e. The van der Waals surface area contributed by atoms with Crippen LogP contribution >= 0.6 is 0 Å². The Morgan fingerprint density at radius 2 is 1.83 bits per heavy atom. The fourth-order valence-corrected chi connectivity index (χ4v) is 2.16. The molecular formula is C16H23NO. The van der Waals surface area contributed by atoms with Gasteiger partial charge in [-0.25, -0.2) is 0 Å². The number of fused-ring (bicyclic) bond motifs is 1. The summed E-state index contributed by atoms with van der Waals surface area (Å²) in [6, 6.07) is 3.40. The van der Waals surface area contributed by atoms with Crippen molar-refractivity contribution in [2.75, 3.05) is 0 Å². The monoisotopic (exact) mass is 248 g/mol. The lowest BCUT2D eigenvalue weighted by molar-refractivity contribution is 0.0608. The van der Waals surface area contributed by atoms with E-state index in [1.807, 2.05) is 41.5 Å². The van der Waals surface area contributed by atoms with E-state index in [9.17, 15) is 4.79 Å². The second-order valence-electron chi connectivity index (χ2n) is 6.83. The second kappa shape index (κ2) is 3.84. The quantitative estimate of drug-likeness (QED) is 0.685. The topological polar surface area (TPSA) is 20.3 Å². The van der Waals surface area contributed by atoms with Crippen LogP contribution in [0.2, 0.25) is 0 Å². The number of amides is 1. The highest BCUT2D eigenvalue weighted by molar-refractivity contribution is 6.00. The zero-order valence-electron chi connectivity index (χ0n) is 15.0. The van der Waals surface area contributed by atoms with Crippen molar-refractivity contribution in [1.29, 1.82) is 0 Å². The molecule has 1 amide bonds. The number of rotatable bonds is 0. The lowest BCUT2D eigenvalue weighted by atomic mass is 9.82. The maximum atomic E-state index is 12.9. The van der Waals surface area contributed by atoms with Gasteiger partial charge in [0.1, 0.15) is 0 Å². The van der Waals surface area contributed by atoms with Gasteiger partial charge in [0.05, 0.1) is 4.11 Å². The van der Waals surface area contributed by atoms with Gasteiger partial charge in [-0.05, 0) is 37.3 Å². The molecule has 0 aromatic heterocycles. The molecule has 1 aliphatic heterocycles. The summed E-state index contributed by atoms with van der Waals surface area (Å²) in [4.78, 5) is 14.2. The van der Waals surface area contributed by atoms with E-state index < -0.39 is 12.0 Å². The van der Waals surface area contributed by atoms with Crippen molar-refractivity contribution in [3.05, 3.63) is 34.9 Å². The summed E-state index contributed by atoms with van der Waals surface area (Å²) in [6.45, 7) is 9.52. The number of nitrogens with zero attached hydrogens (tertiary/aromatic N) is 1. The van der Waals surface area contributed by atoms with E-state index in [1.54, 1.807) is 6.07 Å². The van der Waals surface area contributed by atoms with Crippen molar-refractivity contribution >= 4 is 5.91 Å². The van der Waals surface area contributed by atoms with Crippen LogP contribution in [0.1, 0.15) is 67.1 Å². The molecule has 1 aromatic rings. The Labute approximate surface area is 114 Å². The van der Waals surface area contributed by atoms with Crippen LogP contribution in [0, 0.1) is 0 Å². The lowest BCUT2D eigenvalue weighted by Gasteiger charge is -2.32. The molecular weight excluding hydrogens is 222 g/mol. The van der Waals surface area contributed by atoms with E-state index in [4.69, 9.17) is 4.11 Å². The minimum absolute atomic E-state index is 0.242. The molecule has 1 heterocycles. The normalized spacial score (nSPS) is 21.3. The summed E-state index contributed by atoms with van der Waals surface area (Å²) in [5.74, 6) is -0.285. The summed E-state index contributed by atoms with van der Waals surface area (Å²) in [5, 5.41) is 0. The Bertz CT molecular complexity index is 609. The van der Waals surface area contributed by atoms with Crippen LogP contribution in [0.3, 0.4) is 0 Å². The number of carbonyl (C=O) groups is 1. The third-order valence-electron chi connectivity index (χ3n) is 3.12. The van der Waals surface area contributed by atoms with Gasteiger partial charge in [0.25, 0.3) is 5.91 Å². The zero-order chi connectivity index (χ0) is 16.4. The Hall–Kier alpha value is -1.31. The van der Waals surface area contributed by atoms with Crippen molar-refractivity contribution < 1.29 is 8.91 Å². The molecule has 0 saturated heterocycles. The van der Waals surface area contributed by atoms with Crippen LogP contribution < -0.4 is 0 Å². The summed E-state index contributed by atoms with van der Waals surface area (Å²) in [6.07, 6.45) is 0. The molecule has 18 heavy (non-hydrogen) atoms. The largest absolute Gasteiger partial charge is 0.329 e. The van der Waals surface area contributed by atoms with Gasteiger partial charge in [-0.3, -0.25) is 4.79 Å². The molecule has 0 bridgehead atoms. The van der Waals surface area contributed by atoms with Gasteiger partial charge in [0.15, 0.2) is 0 Å². The van der Waals surface area contributed by atoms with Crippen LogP contribution in [0.5, 0.6) is 0 Å². The first kappa shape index (κ1) is 9.60. The first-order valence-electron chi connectivity index (χ1n) is 7.78. The standard InChI is InChI=1S/C16H23NO/c1-15(2,3)12-9-7-8-11-10-17(16(4,5)6)14(18)13(11)12/h7-9H,10H2,1-6H3/i7D,10D2. The van der Waals surface area contributed by atoms with E-state index in [2.05, 4.69) is 0 Å². The molecule has 0 spiro atoms. The molecule has 0 N–H and O–H groups in total. The van der Waals surface area contributed by atoms with Gasteiger partial charge in [-0.15, -0.1) is 0 Å². The van der Waals surface area contributed by atoms with Crippen molar-refractivity contribution in [1.82, 2.24) is 4.90 Å². The van der Waals surface area contributed by atoms with E-state index in [0.29, 0.717) is 11.1 Å². The Kier molecular flexibility index (Phi) is 2.05. The van der Waals surface area contributed by atoms with E-state index in [-0.39, 0.29) is 17.4 Å². The van der Waals surface area contributed by atoms with Gasteiger partial charge < -0.3 is 4.90 Å². The molecule has 0 unspecified atom stereocenters. The second-order valence-corrected chi connectivity index (χ2v) is 6.83. The lowest BCUT2D eigenvalue weighted by Crippen LogP contribution is -2.41. The minimum Gasteiger partial charge on any atom is -0.329 e. The molecule has 2 rings (SSSR count). The average Bonchev–Trinajstić information content (AvgIpc) is 2.43. The maximum absolute atomic E-state index is 12.9. The van der Waals surface area contributed by atoms with E-state index >= 15 is 0 Å². The Balaban J connectivity index is 2.81. The van der Waals surface area contributed by atoms with Crippen LogP contribution in [0.25, 0.3) is 0 Å². The van der Waals surface area contributed by atoms with Crippen molar-refractivity contribution in [2.24, 2.45) is 0 Å². The van der Waals surface area contributed by atoms with Crippen LogP contribution in [-0.2, 0) is 11.9 Å². The summed E-state index contributed by atoms with van der Waals surface area (Å²) < 4.78 is 24.7. The highest BCUT2D eigenvalue weighted by Crippen LogP contribution is 2.35. The number of hydrogen-bond acceptors (Lipinski definition) is 1. The SMILES string of the molecule is [2H]c1cc(C(C)(C)C)c2c(c1)C([2H])([2H])N(C(C)(C)C)C2=O. The summed E-state index contributed by atoms with van der Waals surface area (Å²) in [5.41, 5.74) is 0.543. The molecule has 98 valence electrons. The highest BCUT2D eigenvalue weighted by atomic mass is 16.2. The van der Waals surface area contributed by atoms with Crippen LogP contribution in [0.15, 0.2) is 18.2 Å². The molecule has 1 aliphatic rings. The fourth-order valence-electron chi connectivity index (χ4n) is 2.16. The molecule has 0 radical (unpaired) electrons. The third kappa shape index (κ3) is 2.05. The number of hydrogen-bond donors (Lipinski definition) is 0. The predicted molar refractivity (Wildman–Crippen MR) is 74.8 cm³/mol. The summed E-state index contributed by atoms with van der Waals surface area (Å²) in [7, 11) is 0. The van der Waals surface area contributed by atoms with Crippen LogP contribution in [0.4, 0.5) is 0 Å². The van der Waals surface area contributed by atoms with Crippen molar-refractivity contribution in [3.8, 4) is 0 Å².